The highest BCUT2D eigenvalue weighted by molar-refractivity contribution is 6.02. The molecule has 0 spiro atoms. The number of amides is 2. The van der Waals surface area contributed by atoms with Crippen molar-refractivity contribution in [3.63, 3.8) is 0 Å². The van der Waals surface area contributed by atoms with E-state index in [2.05, 4.69) is 5.32 Å². The number of benzene rings is 2. The fraction of sp³-hybridized carbons (Fsp3) is 0.273. The van der Waals surface area contributed by atoms with Gasteiger partial charge in [0.1, 0.15) is 11.3 Å². The standard InChI is InChI=1S/C22H24N2O4/c1-5-15-8-6-7-9-18(15)23-20(25)13-24(3)22(26)21-14(2)17-12-16(27-4)10-11-19(17)28-21/h6-12H,5,13H2,1-4H3,(H,23,25). The molecule has 0 aliphatic rings. The molecule has 0 saturated heterocycles. The van der Waals surface area contributed by atoms with E-state index in [0.717, 1.165) is 28.6 Å². The Kier molecular flexibility index (Phi) is 5.68. The number of furan rings is 1. The number of fused-ring (bicyclic) bond motifs is 1. The number of para-hydroxylation sites is 1. The number of nitrogens with one attached hydrogen (secondary N) is 1. The van der Waals surface area contributed by atoms with Crippen molar-refractivity contribution in [1.82, 2.24) is 4.90 Å². The molecule has 1 N–H and O–H groups in total. The van der Waals surface area contributed by atoms with E-state index in [-0.39, 0.29) is 24.1 Å². The van der Waals surface area contributed by atoms with Crippen LogP contribution in [0.15, 0.2) is 46.9 Å². The van der Waals surface area contributed by atoms with E-state index in [1.807, 2.05) is 44.2 Å². The summed E-state index contributed by atoms with van der Waals surface area (Å²) in [6.45, 7) is 3.78. The molecule has 0 radical (unpaired) electrons. The van der Waals surface area contributed by atoms with E-state index in [0.29, 0.717) is 11.3 Å². The zero-order chi connectivity index (χ0) is 20.3. The number of ether oxygens (including phenoxy) is 1. The molecule has 0 unspecified atom stereocenters. The highest BCUT2D eigenvalue weighted by Gasteiger charge is 2.23. The maximum absolute atomic E-state index is 12.8. The molecular formula is C22H24N2O4. The Labute approximate surface area is 164 Å². The molecule has 0 aliphatic carbocycles. The average Bonchev–Trinajstić information content (AvgIpc) is 3.03. The van der Waals surface area contributed by atoms with Gasteiger partial charge in [-0.3, -0.25) is 9.59 Å². The number of anilines is 1. The van der Waals surface area contributed by atoms with Gasteiger partial charge in [-0.15, -0.1) is 0 Å². The topological polar surface area (TPSA) is 71.8 Å². The number of carbonyl (C=O) groups excluding carboxylic acids is 2. The third-order valence-electron chi connectivity index (χ3n) is 4.74. The summed E-state index contributed by atoms with van der Waals surface area (Å²) in [5.74, 6) is 0.323. The third kappa shape index (κ3) is 3.86. The molecule has 6 heteroatoms. The number of hydrogen-bond donors (Lipinski definition) is 1. The number of rotatable bonds is 6. The summed E-state index contributed by atoms with van der Waals surface area (Å²) >= 11 is 0. The minimum Gasteiger partial charge on any atom is -0.497 e. The van der Waals surface area contributed by atoms with Crippen LogP contribution >= 0.6 is 0 Å². The maximum Gasteiger partial charge on any atom is 0.290 e. The zero-order valence-corrected chi connectivity index (χ0v) is 16.5. The molecular weight excluding hydrogens is 356 g/mol. The first-order valence-corrected chi connectivity index (χ1v) is 9.15. The van der Waals surface area contributed by atoms with Crippen molar-refractivity contribution in [2.75, 3.05) is 26.0 Å². The van der Waals surface area contributed by atoms with Crippen molar-refractivity contribution in [1.29, 1.82) is 0 Å². The van der Waals surface area contributed by atoms with Gasteiger partial charge >= 0.3 is 0 Å². The summed E-state index contributed by atoms with van der Waals surface area (Å²) in [7, 11) is 3.17. The molecule has 3 rings (SSSR count). The van der Waals surface area contributed by atoms with Gasteiger partial charge < -0.3 is 19.4 Å². The first kappa shape index (κ1) is 19.5. The fourth-order valence-corrected chi connectivity index (χ4v) is 3.13. The van der Waals surface area contributed by atoms with Gasteiger partial charge in [0, 0.05) is 23.7 Å². The summed E-state index contributed by atoms with van der Waals surface area (Å²) in [5, 5.41) is 3.69. The highest BCUT2D eigenvalue weighted by atomic mass is 16.5. The number of methoxy groups -OCH3 is 1. The summed E-state index contributed by atoms with van der Waals surface area (Å²) < 4.78 is 11.0. The quantitative estimate of drug-likeness (QED) is 0.701. The van der Waals surface area contributed by atoms with Crippen molar-refractivity contribution in [2.24, 2.45) is 0 Å². The molecule has 1 heterocycles. The average molecular weight is 380 g/mol. The van der Waals surface area contributed by atoms with Crippen LogP contribution in [0.25, 0.3) is 11.0 Å². The van der Waals surface area contributed by atoms with Gasteiger partial charge in [0.25, 0.3) is 5.91 Å². The third-order valence-corrected chi connectivity index (χ3v) is 4.74. The lowest BCUT2D eigenvalue weighted by Crippen LogP contribution is -2.35. The zero-order valence-electron chi connectivity index (χ0n) is 16.5. The number of hydrogen-bond acceptors (Lipinski definition) is 4. The number of likely N-dealkylation sites (N-methyl/N-ethyl adjacent to an activating group) is 1. The van der Waals surface area contributed by atoms with Crippen LogP contribution in [0, 0.1) is 6.92 Å². The summed E-state index contributed by atoms with van der Waals surface area (Å²) in [5.41, 5.74) is 3.15. The minimum absolute atomic E-state index is 0.0727. The largest absolute Gasteiger partial charge is 0.497 e. The van der Waals surface area contributed by atoms with E-state index in [4.69, 9.17) is 9.15 Å². The normalized spacial score (nSPS) is 10.7. The molecule has 2 amide bonds. The van der Waals surface area contributed by atoms with Crippen LogP contribution in [0.1, 0.15) is 28.6 Å². The molecule has 0 bridgehead atoms. The van der Waals surface area contributed by atoms with Gasteiger partial charge in [-0.2, -0.15) is 0 Å². The molecule has 0 fully saturated rings. The SMILES string of the molecule is CCc1ccccc1NC(=O)CN(C)C(=O)c1oc2ccc(OC)cc2c1C. The van der Waals surface area contributed by atoms with E-state index >= 15 is 0 Å². The molecule has 0 saturated carbocycles. The van der Waals surface area contributed by atoms with Gasteiger partial charge in [0.15, 0.2) is 5.76 Å². The van der Waals surface area contributed by atoms with Crippen molar-refractivity contribution in [3.05, 3.63) is 59.4 Å². The second-order valence-electron chi connectivity index (χ2n) is 6.64. The molecule has 1 aromatic heterocycles. The Morgan fingerprint density at radius 1 is 1.18 bits per heavy atom. The Bertz CT molecular complexity index is 1020. The van der Waals surface area contributed by atoms with Crippen LogP contribution in [0.4, 0.5) is 5.69 Å². The van der Waals surface area contributed by atoms with E-state index in [1.165, 1.54) is 4.90 Å². The van der Waals surface area contributed by atoms with Gasteiger partial charge in [-0.25, -0.2) is 0 Å². The van der Waals surface area contributed by atoms with E-state index < -0.39 is 0 Å². The second kappa shape index (κ2) is 8.17. The smallest absolute Gasteiger partial charge is 0.290 e. The Balaban J connectivity index is 1.74. The lowest BCUT2D eigenvalue weighted by Gasteiger charge is -2.17. The number of aryl methyl sites for hydroxylation is 2. The van der Waals surface area contributed by atoms with Crippen LogP contribution in [-0.4, -0.2) is 37.4 Å². The summed E-state index contributed by atoms with van der Waals surface area (Å²) in [6, 6.07) is 13.0. The Hall–Kier alpha value is -3.28. The monoisotopic (exact) mass is 380 g/mol. The first-order chi connectivity index (χ1) is 13.4. The lowest BCUT2D eigenvalue weighted by molar-refractivity contribution is -0.116. The molecule has 2 aromatic carbocycles. The molecule has 6 nitrogen and oxygen atoms in total. The second-order valence-corrected chi connectivity index (χ2v) is 6.64. The van der Waals surface area contributed by atoms with Crippen molar-refractivity contribution >= 4 is 28.5 Å². The molecule has 0 atom stereocenters. The van der Waals surface area contributed by atoms with Gasteiger partial charge in [0.2, 0.25) is 5.91 Å². The lowest BCUT2D eigenvalue weighted by atomic mass is 10.1. The summed E-state index contributed by atoms with van der Waals surface area (Å²) in [4.78, 5) is 26.6. The Morgan fingerprint density at radius 2 is 1.93 bits per heavy atom. The van der Waals surface area contributed by atoms with Crippen LogP contribution in [0.3, 0.4) is 0 Å². The fourth-order valence-electron chi connectivity index (χ4n) is 3.13. The Morgan fingerprint density at radius 3 is 2.64 bits per heavy atom. The molecule has 146 valence electrons. The number of carbonyl (C=O) groups is 2. The predicted molar refractivity (Wildman–Crippen MR) is 109 cm³/mol. The van der Waals surface area contributed by atoms with E-state index in [9.17, 15) is 9.59 Å². The van der Waals surface area contributed by atoms with Crippen LogP contribution < -0.4 is 10.1 Å². The van der Waals surface area contributed by atoms with Gasteiger partial charge in [-0.1, -0.05) is 25.1 Å². The number of nitrogens with zero attached hydrogens (tertiary/aromatic N) is 1. The van der Waals surface area contributed by atoms with Crippen LogP contribution in [0.5, 0.6) is 5.75 Å². The predicted octanol–water partition coefficient (Wildman–Crippen LogP) is 4.02. The highest BCUT2D eigenvalue weighted by Crippen LogP contribution is 2.29. The molecule has 0 aliphatic heterocycles. The minimum atomic E-state index is -0.341. The molecule has 28 heavy (non-hydrogen) atoms. The maximum atomic E-state index is 12.8. The molecule has 3 aromatic rings. The van der Waals surface area contributed by atoms with Crippen molar-refractivity contribution in [3.8, 4) is 5.75 Å². The van der Waals surface area contributed by atoms with Gasteiger partial charge in [0.05, 0.1) is 13.7 Å². The van der Waals surface area contributed by atoms with Crippen LogP contribution in [-0.2, 0) is 11.2 Å². The van der Waals surface area contributed by atoms with Crippen molar-refractivity contribution < 1.29 is 18.7 Å². The van der Waals surface area contributed by atoms with Gasteiger partial charge in [-0.05, 0) is 43.2 Å². The van der Waals surface area contributed by atoms with Crippen molar-refractivity contribution in [2.45, 2.75) is 20.3 Å². The first-order valence-electron chi connectivity index (χ1n) is 9.15. The van der Waals surface area contributed by atoms with E-state index in [1.54, 1.807) is 26.3 Å². The van der Waals surface area contributed by atoms with Crippen LogP contribution in [0.2, 0.25) is 0 Å². The summed E-state index contributed by atoms with van der Waals surface area (Å²) in [6.07, 6.45) is 0.812.